The van der Waals surface area contributed by atoms with E-state index in [1.807, 2.05) is 4.90 Å². The predicted molar refractivity (Wildman–Crippen MR) is 99.0 cm³/mol. The van der Waals surface area contributed by atoms with Crippen molar-refractivity contribution < 1.29 is 23.8 Å². The summed E-state index contributed by atoms with van der Waals surface area (Å²) in [6.07, 6.45) is 3.17. The second-order valence-electron chi connectivity index (χ2n) is 9.17. The van der Waals surface area contributed by atoms with E-state index in [0.717, 1.165) is 25.8 Å². The van der Waals surface area contributed by atoms with Crippen molar-refractivity contribution in [2.24, 2.45) is 10.8 Å². The molecule has 4 rings (SSSR count). The topological polar surface area (TPSA) is 65.1 Å². The summed E-state index contributed by atoms with van der Waals surface area (Å²) in [7, 11) is 0. The summed E-state index contributed by atoms with van der Waals surface area (Å²) in [5.74, 6) is 0.529. The molecule has 2 unspecified atom stereocenters. The minimum Gasteiger partial charge on any atom is -0.486 e. The molecule has 1 saturated carbocycles. The van der Waals surface area contributed by atoms with Crippen molar-refractivity contribution in [3.05, 3.63) is 23.8 Å². The van der Waals surface area contributed by atoms with Gasteiger partial charge in [-0.1, -0.05) is 20.8 Å². The zero-order valence-electron chi connectivity index (χ0n) is 16.2. The zero-order valence-corrected chi connectivity index (χ0v) is 16.2. The van der Waals surface area contributed by atoms with E-state index in [9.17, 15) is 9.59 Å². The molecule has 1 aromatic carbocycles. The first-order chi connectivity index (χ1) is 12.7. The normalized spacial score (nSPS) is 28.0. The van der Waals surface area contributed by atoms with Crippen molar-refractivity contribution in [3.63, 3.8) is 0 Å². The summed E-state index contributed by atoms with van der Waals surface area (Å²) in [4.78, 5) is 27.0. The minimum absolute atomic E-state index is 0.104. The van der Waals surface area contributed by atoms with E-state index >= 15 is 0 Å². The molecule has 0 radical (unpaired) electrons. The third-order valence-corrected chi connectivity index (χ3v) is 5.84. The molecule has 0 spiro atoms. The van der Waals surface area contributed by atoms with E-state index in [4.69, 9.17) is 14.2 Å². The van der Waals surface area contributed by atoms with Crippen molar-refractivity contribution in [2.75, 3.05) is 26.4 Å². The second-order valence-corrected chi connectivity index (χ2v) is 9.17. The molecule has 0 N–H and O–H groups in total. The molecule has 6 heteroatoms. The van der Waals surface area contributed by atoms with Gasteiger partial charge >= 0.3 is 5.97 Å². The zero-order chi connectivity index (χ0) is 19.2. The molecule has 1 amide bonds. The first-order valence-electron chi connectivity index (χ1n) is 9.61. The van der Waals surface area contributed by atoms with Crippen LogP contribution in [-0.2, 0) is 9.53 Å². The third kappa shape index (κ3) is 3.62. The Balaban J connectivity index is 1.38. The van der Waals surface area contributed by atoms with Gasteiger partial charge in [0.05, 0.1) is 5.56 Å². The van der Waals surface area contributed by atoms with Gasteiger partial charge < -0.3 is 19.1 Å². The van der Waals surface area contributed by atoms with Crippen molar-refractivity contribution in [1.29, 1.82) is 0 Å². The largest absolute Gasteiger partial charge is 0.486 e. The lowest BCUT2D eigenvalue weighted by atomic mass is 9.65. The van der Waals surface area contributed by atoms with Crippen LogP contribution in [-0.4, -0.2) is 49.2 Å². The summed E-state index contributed by atoms with van der Waals surface area (Å²) in [5.41, 5.74) is 0.775. The number of amides is 1. The van der Waals surface area contributed by atoms with Gasteiger partial charge in [-0.25, -0.2) is 4.79 Å². The van der Waals surface area contributed by atoms with Crippen molar-refractivity contribution in [3.8, 4) is 11.5 Å². The molecule has 2 atom stereocenters. The number of carbonyl (C=O) groups excluding carboxylic acids is 2. The lowest BCUT2D eigenvalue weighted by Crippen LogP contribution is -2.39. The maximum Gasteiger partial charge on any atom is 0.338 e. The van der Waals surface area contributed by atoms with Crippen LogP contribution in [0, 0.1) is 10.8 Å². The van der Waals surface area contributed by atoms with Gasteiger partial charge in [-0.05, 0) is 48.3 Å². The Morgan fingerprint density at radius 2 is 1.89 bits per heavy atom. The standard InChI is InChI=1S/C21H27NO5/c1-20(2)9-15-10-21(3,12-20)13-22(15)18(23)11-27-19(24)14-4-5-16-17(8-14)26-7-6-25-16/h4-5,8,15H,6-7,9-13H2,1-3H3. The lowest BCUT2D eigenvalue weighted by Gasteiger charge is -2.39. The summed E-state index contributed by atoms with van der Waals surface area (Å²) < 4.78 is 16.2. The average Bonchev–Trinajstić information content (AvgIpc) is 2.87. The van der Waals surface area contributed by atoms with Crippen LogP contribution < -0.4 is 9.47 Å². The highest BCUT2D eigenvalue weighted by molar-refractivity contribution is 5.92. The lowest BCUT2D eigenvalue weighted by molar-refractivity contribution is -0.135. The first-order valence-corrected chi connectivity index (χ1v) is 9.61. The van der Waals surface area contributed by atoms with Crippen LogP contribution in [0.5, 0.6) is 11.5 Å². The Labute approximate surface area is 159 Å². The highest BCUT2D eigenvalue weighted by atomic mass is 16.6. The molecule has 1 saturated heterocycles. The van der Waals surface area contributed by atoms with Gasteiger partial charge in [0.1, 0.15) is 13.2 Å². The Kier molecular flexibility index (Phi) is 4.32. The van der Waals surface area contributed by atoms with Crippen LogP contribution in [0.2, 0.25) is 0 Å². The van der Waals surface area contributed by atoms with Gasteiger partial charge in [0.25, 0.3) is 5.91 Å². The molecule has 27 heavy (non-hydrogen) atoms. The Morgan fingerprint density at radius 1 is 1.15 bits per heavy atom. The summed E-state index contributed by atoms with van der Waals surface area (Å²) in [6, 6.07) is 5.18. The highest BCUT2D eigenvalue weighted by Gasteiger charge is 2.50. The van der Waals surface area contributed by atoms with Gasteiger partial charge in [0.2, 0.25) is 0 Å². The molecule has 2 aliphatic heterocycles. The number of hydrogen-bond donors (Lipinski definition) is 0. The average molecular weight is 373 g/mol. The quantitative estimate of drug-likeness (QED) is 0.762. The smallest absolute Gasteiger partial charge is 0.338 e. The van der Waals surface area contributed by atoms with Crippen LogP contribution in [0.25, 0.3) is 0 Å². The molecule has 1 aliphatic carbocycles. The molecule has 146 valence electrons. The number of carbonyl (C=O) groups is 2. The SMILES string of the molecule is CC1(C)CC2CC(C)(CN2C(=O)COC(=O)c2ccc3c(c2)OCCO3)C1. The number of benzene rings is 1. The summed E-state index contributed by atoms with van der Waals surface area (Å²) in [5, 5.41) is 0. The Morgan fingerprint density at radius 3 is 2.67 bits per heavy atom. The second kappa shape index (κ2) is 6.43. The van der Waals surface area contributed by atoms with Crippen molar-refractivity contribution in [1.82, 2.24) is 4.90 Å². The van der Waals surface area contributed by atoms with Crippen LogP contribution >= 0.6 is 0 Å². The van der Waals surface area contributed by atoms with Gasteiger partial charge in [-0.15, -0.1) is 0 Å². The number of ether oxygens (including phenoxy) is 3. The van der Waals surface area contributed by atoms with Gasteiger partial charge in [0, 0.05) is 12.6 Å². The molecular weight excluding hydrogens is 346 g/mol. The van der Waals surface area contributed by atoms with E-state index in [-0.39, 0.29) is 29.4 Å². The van der Waals surface area contributed by atoms with Gasteiger partial charge in [-0.2, -0.15) is 0 Å². The van der Waals surface area contributed by atoms with E-state index in [0.29, 0.717) is 30.3 Å². The monoisotopic (exact) mass is 373 g/mol. The molecule has 1 aromatic rings. The molecule has 2 bridgehead atoms. The maximum atomic E-state index is 12.7. The van der Waals surface area contributed by atoms with Crippen LogP contribution in [0.3, 0.4) is 0 Å². The fraction of sp³-hybridized carbons (Fsp3) is 0.619. The molecule has 2 heterocycles. The number of fused-ring (bicyclic) bond motifs is 3. The molecule has 0 aromatic heterocycles. The number of esters is 1. The Hall–Kier alpha value is -2.24. The van der Waals surface area contributed by atoms with Crippen LogP contribution in [0.1, 0.15) is 50.4 Å². The van der Waals surface area contributed by atoms with E-state index in [1.165, 1.54) is 0 Å². The van der Waals surface area contributed by atoms with E-state index in [2.05, 4.69) is 20.8 Å². The van der Waals surface area contributed by atoms with E-state index in [1.54, 1.807) is 18.2 Å². The first kappa shape index (κ1) is 18.1. The van der Waals surface area contributed by atoms with Crippen LogP contribution in [0.15, 0.2) is 18.2 Å². The van der Waals surface area contributed by atoms with Gasteiger partial charge in [0.15, 0.2) is 18.1 Å². The summed E-state index contributed by atoms with van der Waals surface area (Å²) in [6.45, 7) is 8.28. The Bertz CT molecular complexity index is 774. The van der Waals surface area contributed by atoms with Crippen molar-refractivity contribution in [2.45, 2.75) is 46.1 Å². The van der Waals surface area contributed by atoms with Crippen LogP contribution in [0.4, 0.5) is 0 Å². The van der Waals surface area contributed by atoms with E-state index < -0.39 is 5.97 Å². The van der Waals surface area contributed by atoms with Gasteiger partial charge in [-0.3, -0.25) is 4.79 Å². The molecule has 2 fully saturated rings. The van der Waals surface area contributed by atoms with Crippen molar-refractivity contribution >= 4 is 11.9 Å². The predicted octanol–water partition coefficient (Wildman–Crippen LogP) is 3.04. The number of nitrogens with zero attached hydrogens (tertiary/aromatic N) is 1. The number of rotatable bonds is 3. The fourth-order valence-corrected chi connectivity index (χ4v) is 5.22. The summed E-state index contributed by atoms with van der Waals surface area (Å²) >= 11 is 0. The minimum atomic E-state index is -0.519. The highest BCUT2D eigenvalue weighted by Crippen LogP contribution is 2.52. The fourth-order valence-electron chi connectivity index (χ4n) is 5.22. The molecule has 3 aliphatic rings. The molecule has 6 nitrogen and oxygen atoms in total. The molecular formula is C21H27NO5. The number of hydrogen-bond acceptors (Lipinski definition) is 5. The third-order valence-electron chi connectivity index (χ3n) is 5.84. The number of likely N-dealkylation sites (tertiary alicyclic amines) is 1. The maximum absolute atomic E-state index is 12.7.